The van der Waals surface area contributed by atoms with Gasteiger partial charge in [0.25, 0.3) is 5.91 Å². The summed E-state index contributed by atoms with van der Waals surface area (Å²) in [6, 6.07) is 0.548. The van der Waals surface area contributed by atoms with Crippen LogP contribution in [0, 0.1) is 0 Å². The van der Waals surface area contributed by atoms with E-state index >= 15 is 0 Å². The smallest absolute Gasteiger partial charge is 0.273 e. The summed E-state index contributed by atoms with van der Waals surface area (Å²) in [5.74, 6) is 1.71. The molecule has 0 bridgehead atoms. The molecule has 3 aliphatic rings. The second-order valence-electron chi connectivity index (χ2n) is 8.11. The summed E-state index contributed by atoms with van der Waals surface area (Å²) in [6.45, 7) is 15.0. The van der Waals surface area contributed by atoms with Gasteiger partial charge in [0.1, 0.15) is 11.5 Å². The van der Waals surface area contributed by atoms with Gasteiger partial charge in [-0.25, -0.2) is 4.98 Å². The van der Waals surface area contributed by atoms with Gasteiger partial charge in [0.05, 0.1) is 19.8 Å². The molecule has 0 spiro atoms. The Balaban J connectivity index is 1.66. The lowest BCUT2D eigenvalue weighted by molar-refractivity contribution is 0.0774. The van der Waals surface area contributed by atoms with E-state index in [-0.39, 0.29) is 5.91 Å². The van der Waals surface area contributed by atoms with E-state index in [4.69, 9.17) is 14.7 Å². The zero-order valence-corrected chi connectivity index (χ0v) is 18.1. The van der Waals surface area contributed by atoms with E-state index in [1.165, 1.54) is 0 Å². The summed E-state index contributed by atoms with van der Waals surface area (Å²) < 4.78 is 5.49. The van der Waals surface area contributed by atoms with E-state index in [0.29, 0.717) is 37.4 Å². The van der Waals surface area contributed by atoms with Gasteiger partial charge in [-0.3, -0.25) is 9.69 Å². The third-order valence-electron chi connectivity index (χ3n) is 6.39. The number of likely N-dealkylation sites (N-methyl/N-ethyl adjacent to an activating group) is 1. The van der Waals surface area contributed by atoms with Crippen LogP contribution in [-0.2, 0) is 11.3 Å². The molecule has 1 unspecified atom stereocenters. The fourth-order valence-electron chi connectivity index (χ4n) is 4.78. The molecule has 2 saturated heterocycles. The summed E-state index contributed by atoms with van der Waals surface area (Å²) in [7, 11) is 0. The molecule has 8 nitrogen and oxygen atoms in total. The molecule has 1 amide bonds. The molecule has 4 heterocycles. The van der Waals surface area contributed by atoms with Crippen molar-refractivity contribution < 1.29 is 9.53 Å². The van der Waals surface area contributed by atoms with Gasteiger partial charge in [-0.15, -0.1) is 0 Å². The molecule has 1 aromatic rings. The van der Waals surface area contributed by atoms with Crippen molar-refractivity contribution in [2.45, 2.75) is 46.2 Å². The first kappa shape index (κ1) is 20.3. The van der Waals surface area contributed by atoms with Crippen molar-refractivity contribution in [3.05, 3.63) is 11.3 Å². The minimum atomic E-state index is 0.0551. The van der Waals surface area contributed by atoms with Gasteiger partial charge >= 0.3 is 0 Å². The zero-order valence-electron chi connectivity index (χ0n) is 18.1. The standard InChI is InChI=1S/C21H34N6O2/c1-4-8-27-15-17-18(20(27)28)22-21(25-10-12-29-13-11-25)23-19(17)26-9-7-16(14-26)24(5-2)6-3/h16H,4-15H2,1-3H3. The molecule has 0 aliphatic carbocycles. The van der Waals surface area contributed by atoms with Gasteiger partial charge in [-0.2, -0.15) is 4.98 Å². The van der Waals surface area contributed by atoms with Crippen molar-refractivity contribution in [2.75, 3.05) is 68.8 Å². The quantitative estimate of drug-likeness (QED) is 0.686. The van der Waals surface area contributed by atoms with Gasteiger partial charge in [0.15, 0.2) is 0 Å². The maximum absolute atomic E-state index is 13.0. The highest BCUT2D eigenvalue weighted by Crippen LogP contribution is 2.33. The van der Waals surface area contributed by atoms with Crippen molar-refractivity contribution in [1.29, 1.82) is 0 Å². The van der Waals surface area contributed by atoms with E-state index in [1.54, 1.807) is 0 Å². The summed E-state index contributed by atoms with van der Waals surface area (Å²) in [6.07, 6.45) is 2.09. The number of anilines is 2. The second-order valence-corrected chi connectivity index (χ2v) is 8.11. The minimum Gasteiger partial charge on any atom is -0.378 e. The first-order valence-electron chi connectivity index (χ1n) is 11.2. The van der Waals surface area contributed by atoms with Gasteiger partial charge in [0.2, 0.25) is 5.95 Å². The van der Waals surface area contributed by atoms with Crippen molar-refractivity contribution in [3.8, 4) is 0 Å². The Labute approximate surface area is 173 Å². The highest BCUT2D eigenvalue weighted by molar-refractivity contribution is 5.98. The number of amides is 1. The number of carbonyl (C=O) groups is 1. The van der Waals surface area contributed by atoms with Gasteiger partial charge < -0.3 is 19.4 Å². The van der Waals surface area contributed by atoms with Crippen LogP contribution in [0.25, 0.3) is 0 Å². The van der Waals surface area contributed by atoms with E-state index < -0.39 is 0 Å². The molecule has 0 aromatic carbocycles. The van der Waals surface area contributed by atoms with Crippen LogP contribution in [0.2, 0.25) is 0 Å². The van der Waals surface area contributed by atoms with Gasteiger partial charge in [0, 0.05) is 44.3 Å². The molecule has 2 fully saturated rings. The first-order valence-corrected chi connectivity index (χ1v) is 11.2. The lowest BCUT2D eigenvalue weighted by Crippen LogP contribution is -2.39. The number of hydrogen-bond acceptors (Lipinski definition) is 7. The Morgan fingerprint density at radius 2 is 1.83 bits per heavy atom. The number of nitrogens with zero attached hydrogens (tertiary/aromatic N) is 6. The lowest BCUT2D eigenvalue weighted by Gasteiger charge is -2.29. The van der Waals surface area contributed by atoms with Gasteiger partial charge in [-0.1, -0.05) is 20.8 Å². The molecule has 1 atom stereocenters. The average molecular weight is 403 g/mol. The van der Waals surface area contributed by atoms with Crippen LogP contribution in [0.5, 0.6) is 0 Å². The molecule has 0 saturated carbocycles. The van der Waals surface area contributed by atoms with Crippen LogP contribution in [0.15, 0.2) is 0 Å². The predicted octanol–water partition coefficient (Wildman–Crippen LogP) is 1.60. The normalized spacial score (nSPS) is 22.1. The van der Waals surface area contributed by atoms with E-state index in [1.807, 2.05) is 4.90 Å². The zero-order chi connectivity index (χ0) is 20.4. The Kier molecular flexibility index (Phi) is 6.20. The second kappa shape index (κ2) is 8.83. The molecular formula is C21H34N6O2. The topological polar surface area (TPSA) is 65.0 Å². The van der Waals surface area contributed by atoms with Crippen LogP contribution in [0.1, 0.15) is 49.7 Å². The average Bonchev–Trinajstić information content (AvgIpc) is 3.35. The number of morpholine rings is 1. The summed E-state index contributed by atoms with van der Waals surface area (Å²) in [5.41, 5.74) is 1.62. The fourth-order valence-corrected chi connectivity index (χ4v) is 4.78. The number of ether oxygens (including phenoxy) is 1. The van der Waals surface area contributed by atoms with Gasteiger partial charge in [-0.05, 0) is 25.9 Å². The van der Waals surface area contributed by atoms with Crippen molar-refractivity contribution in [2.24, 2.45) is 0 Å². The van der Waals surface area contributed by atoms with Crippen LogP contribution in [-0.4, -0.2) is 90.7 Å². The maximum atomic E-state index is 13.0. The molecule has 4 rings (SSSR count). The third-order valence-corrected chi connectivity index (χ3v) is 6.39. The number of carbonyl (C=O) groups excluding carboxylic acids is 1. The number of fused-ring (bicyclic) bond motifs is 1. The Morgan fingerprint density at radius 1 is 1.07 bits per heavy atom. The molecule has 1 aromatic heterocycles. The molecule has 160 valence electrons. The van der Waals surface area contributed by atoms with E-state index in [0.717, 1.165) is 70.0 Å². The summed E-state index contributed by atoms with van der Waals surface area (Å²) in [4.78, 5) is 31.8. The van der Waals surface area contributed by atoms with Crippen molar-refractivity contribution in [3.63, 3.8) is 0 Å². The monoisotopic (exact) mass is 402 g/mol. The van der Waals surface area contributed by atoms with E-state index in [2.05, 4.69) is 35.5 Å². The Hall–Kier alpha value is -1.93. The molecular weight excluding hydrogens is 368 g/mol. The molecule has 3 aliphatic heterocycles. The lowest BCUT2D eigenvalue weighted by atomic mass is 10.2. The Bertz CT molecular complexity index is 732. The fraction of sp³-hybridized carbons (Fsp3) is 0.762. The summed E-state index contributed by atoms with van der Waals surface area (Å²) >= 11 is 0. The van der Waals surface area contributed by atoms with E-state index in [9.17, 15) is 4.79 Å². The molecule has 29 heavy (non-hydrogen) atoms. The largest absolute Gasteiger partial charge is 0.378 e. The third kappa shape index (κ3) is 3.92. The number of aromatic nitrogens is 2. The summed E-state index contributed by atoms with van der Waals surface area (Å²) in [5, 5.41) is 0. The predicted molar refractivity (Wildman–Crippen MR) is 114 cm³/mol. The molecule has 8 heteroatoms. The highest BCUT2D eigenvalue weighted by atomic mass is 16.5. The van der Waals surface area contributed by atoms with Crippen LogP contribution >= 0.6 is 0 Å². The minimum absolute atomic E-state index is 0.0551. The maximum Gasteiger partial charge on any atom is 0.273 e. The Morgan fingerprint density at radius 3 is 2.52 bits per heavy atom. The van der Waals surface area contributed by atoms with Crippen LogP contribution in [0.4, 0.5) is 11.8 Å². The molecule has 0 radical (unpaired) electrons. The molecule has 0 N–H and O–H groups in total. The van der Waals surface area contributed by atoms with Crippen LogP contribution < -0.4 is 9.80 Å². The number of rotatable bonds is 7. The van der Waals surface area contributed by atoms with Crippen molar-refractivity contribution >= 4 is 17.7 Å². The first-order chi connectivity index (χ1) is 14.2. The number of hydrogen-bond donors (Lipinski definition) is 0. The van der Waals surface area contributed by atoms with Crippen LogP contribution in [0.3, 0.4) is 0 Å². The van der Waals surface area contributed by atoms with Crippen molar-refractivity contribution in [1.82, 2.24) is 19.8 Å². The SMILES string of the molecule is CCCN1Cc2c(nc(N3CCOCC3)nc2N2CCC(N(CC)CC)C2)C1=O. The highest BCUT2D eigenvalue weighted by Gasteiger charge is 2.37.